The Morgan fingerprint density at radius 2 is 1.59 bits per heavy atom. The molecule has 0 bridgehead atoms. The zero-order chi connectivity index (χ0) is 19.6. The SMILES string of the molecule is CC(C)C[C@@H](NC(=O)[C@H](N)Cc1ccccc1)C(=O)COc1ccccc1. The van der Waals surface area contributed by atoms with E-state index in [-0.39, 0.29) is 24.2 Å². The van der Waals surface area contributed by atoms with Crippen molar-refractivity contribution < 1.29 is 14.3 Å². The van der Waals surface area contributed by atoms with Crippen LogP contribution < -0.4 is 15.8 Å². The first-order chi connectivity index (χ1) is 13.0. The van der Waals surface area contributed by atoms with Crippen LogP contribution in [0.2, 0.25) is 0 Å². The van der Waals surface area contributed by atoms with Crippen molar-refractivity contribution in [3.8, 4) is 5.75 Å². The monoisotopic (exact) mass is 368 g/mol. The molecule has 0 aliphatic rings. The lowest BCUT2D eigenvalue weighted by atomic mass is 9.99. The first-order valence-electron chi connectivity index (χ1n) is 9.26. The number of rotatable bonds is 10. The Kier molecular flexibility index (Phi) is 8.01. The Morgan fingerprint density at radius 1 is 1.00 bits per heavy atom. The third-order valence-corrected chi connectivity index (χ3v) is 4.17. The normalized spacial score (nSPS) is 13.0. The van der Waals surface area contributed by atoms with Gasteiger partial charge in [-0.25, -0.2) is 0 Å². The second-order valence-electron chi connectivity index (χ2n) is 7.05. The number of carbonyl (C=O) groups excluding carboxylic acids is 2. The molecule has 2 aromatic carbocycles. The molecule has 0 saturated heterocycles. The van der Waals surface area contributed by atoms with Crippen LogP contribution in [0.1, 0.15) is 25.8 Å². The third-order valence-electron chi connectivity index (χ3n) is 4.17. The molecule has 2 rings (SSSR count). The van der Waals surface area contributed by atoms with Crippen LogP contribution in [-0.4, -0.2) is 30.4 Å². The molecular weight excluding hydrogens is 340 g/mol. The average molecular weight is 368 g/mol. The van der Waals surface area contributed by atoms with E-state index in [2.05, 4.69) is 5.32 Å². The van der Waals surface area contributed by atoms with Gasteiger partial charge in [-0.3, -0.25) is 9.59 Å². The minimum atomic E-state index is -0.704. The van der Waals surface area contributed by atoms with E-state index in [1.165, 1.54) is 0 Å². The lowest BCUT2D eigenvalue weighted by Crippen LogP contribution is -2.50. The molecule has 2 atom stereocenters. The third kappa shape index (κ3) is 7.23. The molecule has 0 aliphatic carbocycles. The predicted octanol–water partition coefficient (Wildman–Crippen LogP) is 2.74. The Balaban J connectivity index is 1.93. The molecule has 0 heterocycles. The molecule has 5 heteroatoms. The number of hydrogen-bond donors (Lipinski definition) is 2. The van der Waals surface area contributed by atoms with Gasteiger partial charge in [-0.2, -0.15) is 0 Å². The second kappa shape index (κ2) is 10.5. The van der Waals surface area contributed by atoms with Crippen molar-refractivity contribution in [3.63, 3.8) is 0 Å². The fourth-order valence-corrected chi connectivity index (χ4v) is 2.75. The highest BCUT2D eigenvalue weighted by atomic mass is 16.5. The quantitative estimate of drug-likeness (QED) is 0.676. The first-order valence-corrected chi connectivity index (χ1v) is 9.26. The van der Waals surface area contributed by atoms with E-state index < -0.39 is 12.1 Å². The predicted molar refractivity (Wildman–Crippen MR) is 106 cm³/mol. The van der Waals surface area contributed by atoms with Gasteiger partial charge in [-0.05, 0) is 36.5 Å². The summed E-state index contributed by atoms with van der Waals surface area (Å²) in [6.07, 6.45) is 0.969. The van der Waals surface area contributed by atoms with E-state index in [9.17, 15) is 9.59 Å². The maximum absolute atomic E-state index is 12.6. The molecule has 0 aromatic heterocycles. The number of benzene rings is 2. The molecule has 3 N–H and O–H groups in total. The van der Waals surface area contributed by atoms with E-state index in [1.807, 2.05) is 62.4 Å². The van der Waals surface area contributed by atoms with Crippen molar-refractivity contribution in [2.75, 3.05) is 6.61 Å². The molecular formula is C22H28N2O3. The Labute approximate surface area is 160 Å². The summed E-state index contributed by atoms with van der Waals surface area (Å²) in [6, 6.07) is 17.4. The van der Waals surface area contributed by atoms with Crippen molar-refractivity contribution in [1.29, 1.82) is 0 Å². The number of nitrogens with one attached hydrogen (secondary N) is 1. The standard InChI is InChI=1S/C22H28N2O3/c1-16(2)13-20(21(25)15-27-18-11-7-4-8-12-18)24-22(26)19(23)14-17-9-5-3-6-10-17/h3-12,16,19-20H,13-15,23H2,1-2H3,(H,24,26)/t19-,20-/m1/s1. The molecule has 0 radical (unpaired) electrons. The number of carbonyl (C=O) groups is 2. The lowest BCUT2D eigenvalue weighted by Gasteiger charge is -2.22. The molecule has 0 aliphatic heterocycles. The largest absolute Gasteiger partial charge is 0.486 e. The summed E-state index contributed by atoms with van der Waals surface area (Å²) in [5.74, 6) is 0.396. The summed E-state index contributed by atoms with van der Waals surface area (Å²) < 4.78 is 5.54. The van der Waals surface area contributed by atoms with E-state index in [0.717, 1.165) is 5.56 Å². The number of nitrogens with two attached hydrogens (primary N) is 1. The highest BCUT2D eigenvalue weighted by molar-refractivity contribution is 5.91. The minimum absolute atomic E-state index is 0.0877. The van der Waals surface area contributed by atoms with Gasteiger partial charge in [0.15, 0.2) is 5.78 Å². The van der Waals surface area contributed by atoms with Gasteiger partial charge in [-0.15, -0.1) is 0 Å². The van der Waals surface area contributed by atoms with Gasteiger partial charge in [0.2, 0.25) is 5.91 Å². The van der Waals surface area contributed by atoms with Crippen LogP contribution in [-0.2, 0) is 16.0 Å². The summed E-state index contributed by atoms with van der Waals surface area (Å²) in [5, 5.41) is 2.81. The van der Waals surface area contributed by atoms with Gasteiger partial charge >= 0.3 is 0 Å². The van der Waals surface area contributed by atoms with Crippen LogP contribution in [0.5, 0.6) is 5.75 Å². The van der Waals surface area contributed by atoms with Crippen LogP contribution in [0.15, 0.2) is 60.7 Å². The van der Waals surface area contributed by atoms with E-state index in [4.69, 9.17) is 10.5 Å². The molecule has 0 saturated carbocycles. The van der Waals surface area contributed by atoms with Crippen LogP contribution in [0.4, 0.5) is 0 Å². The van der Waals surface area contributed by atoms with Gasteiger partial charge in [-0.1, -0.05) is 62.4 Å². The van der Waals surface area contributed by atoms with Crippen molar-refractivity contribution in [3.05, 3.63) is 66.2 Å². The zero-order valence-corrected chi connectivity index (χ0v) is 15.9. The van der Waals surface area contributed by atoms with Crippen molar-refractivity contribution in [2.45, 2.75) is 38.8 Å². The van der Waals surface area contributed by atoms with E-state index >= 15 is 0 Å². The maximum atomic E-state index is 12.6. The highest BCUT2D eigenvalue weighted by Crippen LogP contribution is 2.11. The topological polar surface area (TPSA) is 81.4 Å². The highest BCUT2D eigenvalue weighted by Gasteiger charge is 2.25. The number of hydrogen-bond acceptors (Lipinski definition) is 4. The zero-order valence-electron chi connectivity index (χ0n) is 15.9. The van der Waals surface area contributed by atoms with E-state index in [1.54, 1.807) is 12.1 Å². The second-order valence-corrected chi connectivity index (χ2v) is 7.05. The van der Waals surface area contributed by atoms with Gasteiger partial charge < -0.3 is 15.8 Å². The summed E-state index contributed by atoms with van der Waals surface area (Å²) >= 11 is 0. The summed E-state index contributed by atoms with van der Waals surface area (Å²) in [6.45, 7) is 3.93. The fraction of sp³-hybridized carbons (Fsp3) is 0.364. The molecule has 1 amide bonds. The number of ether oxygens (including phenoxy) is 1. The fourth-order valence-electron chi connectivity index (χ4n) is 2.75. The molecule has 144 valence electrons. The van der Waals surface area contributed by atoms with Gasteiger partial charge in [0.05, 0.1) is 12.1 Å². The van der Waals surface area contributed by atoms with E-state index in [0.29, 0.717) is 18.6 Å². The number of para-hydroxylation sites is 1. The summed E-state index contributed by atoms with van der Waals surface area (Å²) in [7, 11) is 0. The molecule has 0 fully saturated rings. The number of amides is 1. The Hall–Kier alpha value is -2.66. The van der Waals surface area contributed by atoms with Gasteiger partial charge in [0.25, 0.3) is 0 Å². The Bertz CT molecular complexity index is 717. The molecule has 5 nitrogen and oxygen atoms in total. The van der Waals surface area contributed by atoms with Crippen molar-refractivity contribution in [1.82, 2.24) is 5.32 Å². The average Bonchev–Trinajstić information content (AvgIpc) is 2.66. The van der Waals surface area contributed by atoms with Crippen molar-refractivity contribution in [2.24, 2.45) is 11.7 Å². The summed E-state index contributed by atoms with van der Waals surface area (Å²) in [4.78, 5) is 25.1. The number of ketones is 1. The molecule has 0 spiro atoms. The maximum Gasteiger partial charge on any atom is 0.237 e. The van der Waals surface area contributed by atoms with Crippen LogP contribution in [0, 0.1) is 5.92 Å². The molecule has 27 heavy (non-hydrogen) atoms. The minimum Gasteiger partial charge on any atom is -0.486 e. The number of Topliss-reactive ketones (excluding diaryl/α,β-unsaturated/α-hetero) is 1. The van der Waals surface area contributed by atoms with Crippen molar-refractivity contribution >= 4 is 11.7 Å². The molecule has 0 unspecified atom stereocenters. The van der Waals surface area contributed by atoms with Crippen LogP contribution in [0.3, 0.4) is 0 Å². The first kappa shape index (κ1) is 20.6. The smallest absolute Gasteiger partial charge is 0.237 e. The van der Waals surface area contributed by atoms with Crippen LogP contribution in [0.25, 0.3) is 0 Å². The lowest BCUT2D eigenvalue weighted by molar-refractivity contribution is -0.129. The van der Waals surface area contributed by atoms with Gasteiger partial charge in [0, 0.05) is 0 Å². The Morgan fingerprint density at radius 3 is 2.19 bits per heavy atom. The van der Waals surface area contributed by atoms with Crippen LogP contribution >= 0.6 is 0 Å². The summed E-state index contributed by atoms with van der Waals surface area (Å²) in [5.41, 5.74) is 7.02. The molecule has 2 aromatic rings. The van der Waals surface area contributed by atoms with Gasteiger partial charge in [0.1, 0.15) is 12.4 Å².